The molecule has 20 heavy (non-hydrogen) atoms. The molecule has 1 aromatic heterocycles. The number of nitrogens with zero attached hydrogens (tertiary/aromatic N) is 1. The first-order chi connectivity index (χ1) is 9.41. The zero-order valence-electron chi connectivity index (χ0n) is 11.5. The number of rotatable bonds is 5. The van der Waals surface area contributed by atoms with Crippen molar-refractivity contribution < 1.29 is 17.9 Å². The van der Waals surface area contributed by atoms with Gasteiger partial charge in [-0.2, -0.15) is 13.2 Å². The molecule has 3 nitrogen and oxygen atoms in total. The highest BCUT2D eigenvalue weighted by atomic mass is 32.1. The predicted molar refractivity (Wildman–Crippen MR) is 71.7 cm³/mol. The summed E-state index contributed by atoms with van der Waals surface area (Å²) in [7, 11) is 0. The minimum atomic E-state index is -4.37. The lowest BCUT2D eigenvalue weighted by Gasteiger charge is -2.23. The summed E-state index contributed by atoms with van der Waals surface area (Å²) in [5.41, 5.74) is 0. The normalized spacial score (nSPS) is 25.1. The smallest absolute Gasteiger partial charge is 0.373 e. The number of aromatic nitrogens is 1. The molecule has 0 radical (unpaired) electrons. The third-order valence-corrected chi connectivity index (χ3v) is 4.45. The lowest BCUT2D eigenvalue weighted by Crippen LogP contribution is -2.32. The molecule has 1 aliphatic rings. The molecule has 1 fully saturated rings. The maximum absolute atomic E-state index is 12.7. The SMILES string of the molecule is CCCNC(c1cnc(C(F)(F)F)s1)C1CCC(C)O1. The molecule has 1 N–H and O–H groups in total. The van der Waals surface area contributed by atoms with Crippen LogP contribution >= 0.6 is 11.3 Å². The van der Waals surface area contributed by atoms with Crippen LogP contribution in [0, 0.1) is 0 Å². The molecule has 1 aromatic rings. The van der Waals surface area contributed by atoms with Crippen LogP contribution in [0.2, 0.25) is 0 Å². The molecule has 0 aliphatic carbocycles. The van der Waals surface area contributed by atoms with E-state index in [2.05, 4.69) is 10.3 Å². The molecule has 0 amide bonds. The van der Waals surface area contributed by atoms with E-state index in [1.54, 1.807) is 0 Å². The minimum absolute atomic E-state index is 0.0712. The van der Waals surface area contributed by atoms with Gasteiger partial charge in [-0.1, -0.05) is 6.92 Å². The predicted octanol–water partition coefficient (Wildman–Crippen LogP) is 3.77. The molecule has 0 bridgehead atoms. The largest absolute Gasteiger partial charge is 0.443 e. The van der Waals surface area contributed by atoms with E-state index in [0.717, 1.165) is 25.8 Å². The molecule has 1 saturated heterocycles. The zero-order valence-corrected chi connectivity index (χ0v) is 12.4. The molecule has 0 aromatic carbocycles. The van der Waals surface area contributed by atoms with E-state index in [-0.39, 0.29) is 18.2 Å². The Bertz CT molecular complexity index is 435. The van der Waals surface area contributed by atoms with Crippen molar-refractivity contribution in [3.8, 4) is 0 Å². The van der Waals surface area contributed by atoms with Gasteiger partial charge >= 0.3 is 6.18 Å². The van der Waals surface area contributed by atoms with Crippen molar-refractivity contribution in [2.45, 2.75) is 57.5 Å². The van der Waals surface area contributed by atoms with Gasteiger partial charge in [0.2, 0.25) is 0 Å². The van der Waals surface area contributed by atoms with E-state index in [9.17, 15) is 13.2 Å². The molecule has 3 unspecified atom stereocenters. The maximum Gasteiger partial charge on any atom is 0.443 e. The zero-order chi connectivity index (χ0) is 14.8. The molecule has 7 heteroatoms. The number of nitrogens with one attached hydrogen (secondary N) is 1. The van der Waals surface area contributed by atoms with Gasteiger partial charge in [0.05, 0.1) is 18.2 Å². The molecule has 0 spiro atoms. The highest BCUT2D eigenvalue weighted by Crippen LogP contribution is 2.37. The van der Waals surface area contributed by atoms with Crippen LogP contribution < -0.4 is 5.32 Å². The summed E-state index contributed by atoms with van der Waals surface area (Å²) in [5, 5.41) is 2.50. The highest BCUT2D eigenvalue weighted by molar-refractivity contribution is 7.11. The van der Waals surface area contributed by atoms with E-state index >= 15 is 0 Å². The Morgan fingerprint density at radius 3 is 2.75 bits per heavy atom. The van der Waals surface area contributed by atoms with E-state index in [4.69, 9.17) is 4.74 Å². The Kier molecular flexibility index (Phi) is 5.04. The van der Waals surface area contributed by atoms with Gasteiger partial charge in [0.25, 0.3) is 0 Å². The molecule has 0 saturated carbocycles. The van der Waals surface area contributed by atoms with Crippen molar-refractivity contribution in [3.05, 3.63) is 16.1 Å². The van der Waals surface area contributed by atoms with E-state index in [1.807, 2.05) is 13.8 Å². The van der Waals surface area contributed by atoms with Crippen LogP contribution in [0.4, 0.5) is 13.2 Å². The van der Waals surface area contributed by atoms with Gasteiger partial charge in [-0.05, 0) is 32.7 Å². The molecule has 3 atom stereocenters. The first kappa shape index (κ1) is 15.7. The Labute approximate surface area is 120 Å². The van der Waals surface area contributed by atoms with Crippen molar-refractivity contribution >= 4 is 11.3 Å². The van der Waals surface area contributed by atoms with Crippen LogP contribution in [0.1, 0.15) is 49.0 Å². The number of alkyl halides is 3. The van der Waals surface area contributed by atoms with Crippen LogP contribution in [0.15, 0.2) is 6.20 Å². The lowest BCUT2D eigenvalue weighted by molar-refractivity contribution is -0.137. The van der Waals surface area contributed by atoms with E-state index in [0.29, 0.717) is 16.2 Å². The van der Waals surface area contributed by atoms with Gasteiger partial charge < -0.3 is 10.1 Å². The number of halogens is 3. The van der Waals surface area contributed by atoms with Gasteiger partial charge in [0.15, 0.2) is 5.01 Å². The van der Waals surface area contributed by atoms with Crippen LogP contribution in [-0.2, 0) is 10.9 Å². The molecular weight excluding hydrogens is 289 g/mol. The minimum Gasteiger partial charge on any atom is -0.373 e. The van der Waals surface area contributed by atoms with Gasteiger partial charge in [0.1, 0.15) is 0 Å². The number of ether oxygens (including phenoxy) is 1. The highest BCUT2D eigenvalue weighted by Gasteiger charge is 2.37. The standard InChI is InChI=1S/C13H19F3N2OS/c1-3-6-17-11(9-5-4-8(2)19-9)10-7-18-12(20-10)13(14,15)16/h7-9,11,17H,3-6H2,1-2H3. The first-order valence-electron chi connectivity index (χ1n) is 6.83. The van der Waals surface area contributed by atoms with Crippen molar-refractivity contribution in [3.63, 3.8) is 0 Å². The maximum atomic E-state index is 12.7. The number of thiazole rings is 1. The summed E-state index contributed by atoms with van der Waals surface area (Å²) in [5.74, 6) is 0. The van der Waals surface area contributed by atoms with Crippen molar-refractivity contribution in [2.75, 3.05) is 6.54 Å². The Balaban J connectivity index is 2.15. The van der Waals surface area contributed by atoms with Crippen LogP contribution in [0.5, 0.6) is 0 Å². The summed E-state index contributed by atoms with van der Waals surface area (Å²) >= 11 is 0.708. The monoisotopic (exact) mass is 308 g/mol. The molecule has 114 valence electrons. The summed E-state index contributed by atoms with van der Waals surface area (Å²) in [4.78, 5) is 4.11. The van der Waals surface area contributed by atoms with Crippen LogP contribution in [-0.4, -0.2) is 23.7 Å². The average molecular weight is 308 g/mol. The van der Waals surface area contributed by atoms with E-state index < -0.39 is 11.2 Å². The van der Waals surface area contributed by atoms with Gasteiger partial charge in [-0.3, -0.25) is 0 Å². The van der Waals surface area contributed by atoms with Gasteiger partial charge in [-0.25, -0.2) is 4.98 Å². The van der Waals surface area contributed by atoms with Crippen LogP contribution in [0.3, 0.4) is 0 Å². The third-order valence-electron chi connectivity index (χ3n) is 3.32. The number of hydrogen-bond donors (Lipinski definition) is 1. The van der Waals surface area contributed by atoms with Gasteiger partial charge in [-0.15, -0.1) is 11.3 Å². The summed E-state index contributed by atoms with van der Waals surface area (Å²) in [6.07, 6.45) is -0.223. The summed E-state index contributed by atoms with van der Waals surface area (Å²) < 4.78 is 43.8. The Hall–Kier alpha value is -0.660. The first-order valence-corrected chi connectivity index (χ1v) is 7.65. The topological polar surface area (TPSA) is 34.2 Å². The summed E-state index contributed by atoms with van der Waals surface area (Å²) in [6.45, 7) is 4.76. The third kappa shape index (κ3) is 3.71. The Morgan fingerprint density at radius 1 is 1.50 bits per heavy atom. The molecular formula is C13H19F3N2OS. The molecule has 1 aliphatic heterocycles. The quantitative estimate of drug-likeness (QED) is 0.899. The molecule has 2 rings (SSSR count). The number of hydrogen-bond acceptors (Lipinski definition) is 4. The van der Waals surface area contributed by atoms with Crippen molar-refractivity contribution in [2.24, 2.45) is 0 Å². The van der Waals surface area contributed by atoms with E-state index in [1.165, 1.54) is 6.20 Å². The molecule has 2 heterocycles. The summed E-state index contributed by atoms with van der Waals surface area (Å²) in [6, 6.07) is -0.200. The lowest BCUT2D eigenvalue weighted by atomic mass is 10.1. The van der Waals surface area contributed by atoms with Crippen molar-refractivity contribution in [1.29, 1.82) is 0 Å². The van der Waals surface area contributed by atoms with Crippen LogP contribution in [0.25, 0.3) is 0 Å². The average Bonchev–Trinajstić information content (AvgIpc) is 2.99. The fraction of sp³-hybridized carbons (Fsp3) is 0.769. The second-order valence-corrected chi connectivity index (χ2v) is 6.12. The fourth-order valence-electron chi connectivity index (χ4n) is 2.36. The van der Waals surface area contributed by atoms with Gasteiger partial charge in [0, 0.05) is 11.1 Å². The fourth-order valence-corrected chi connectivity index (χ4v) is 3.27. The Morgan fingerprint density at radius 2 is 2.25 bits per heavy atom. The second-order valence-electron chi connectivity index (χ2n) is 5.06. The van der Waals surface area contributed by atoms with Crippen molar-refractivity contribution in [1.82, 2.24) is 10.3 Å². The second kappa shape index (κ2) is 6.41.